The van der Waals surface area contributed by atoms with E-state index in [1.807, 2.05) is 56.3 Å². The van der Waals surface area contributed by atoms with Gasteiger partial charge in [-0.05, 0) is 24.8 Å². The number of nitrogens with zero attached hydrogens (tertiary/aromatic N) is 2. The van der Waals surface area contributed by atoms with Gasteiger partial charge in [0.1, 0.15) is 13.2 Å². The summed E-state index contributed by atoms with van der Waals surface area (Å²) in [6.07, 6.45) is 7.26. The van der Waals surface area contributed by atoms with Crippen LogP contribution in [0.5, 0.6) is 0 Å². The summed E-state index contributed by atoms with van der Waals surface area (Å²) in [5, 5.41) is 5.62. The first-order chi connectivity index (χ1) is 20.8. The van der Waals surface area contributed by atoms with E-state index in [1.54, 1.807) is 12.1 Å². The summed E-state index contributed by atoms with van der Waals surface area (Å²) in [7, 11) is 0. The van der Waals surface area contributed by atoms with Gasteiger partial charge in [0.05, 0.1) is 18.0 Å². The molecule has 4 rings (SSSR count). The van der Waals surface area contributed by atoms with Crippen LogP contribution in [0.4, 0.5) is 10.5 Å². The monoisotopic (exact) mass is 588 g/mol. The molecule has 1 atom stereocenters. The second kappa shape index (κ2) is 15.7. The van der Waals surface area contributed by atoms with Crippen LogP contribution in [0.1, 0.15) is 57.1 Å². The van der Waals surface area contributed by atoms with Gasteiger partial charge in [-0.3, -0.25) is 14.6 Å². The smallest absolute Gasteiger partial charge is 0.407 e. The Morgan fingerprint density at radius 3 is 2.47 bits per heavy atom. The van der Waals surface area contributed by atoms with Gasteiger partial charge in [-0.1, -0.05) is 87.7 Å². The number of benzene rings is 2. The molecular formula is C33H40N4O6. The maximum atomic E-state index is 13.9. The van der Waals surface area contributed by atoms with Crippen molar-refractivity contribution in [3.63, 3.8) is 0 Å². The number of carbonyl (C=O) groups is 4. The molecule has 2 aromatic carbocycles. The van der Waals surface area contributed by atoms with E-state index in [-0.39, 0.29) is 31.7 Å². The Labute approximate surface area is 252 Å². The minimum absolute atomic E-state index is 0.0602. The number of rotatable bonds is 11. The van der Waals surface area contributed by atoms with Crippen molar-refractivity contribution in [2.75, 3.05) is 31.2 Å². The van der Waals surface area contributed by atoms with Crippen molar-refractivity contribution in [1.82, 2.24) is 10.6 Å². The summed E-state index contributed by atoms with van der Waals surface area (Å²) in [6.45, 7) is 3.71. The molecule has 1 aliphatic carbocycles. The number of hydrogen-bond donors (Lipinski definition) is 2. The molecule has 10 heteroatoms. The molecule has 2 N–H and O–H groups in total. The van der Waals surface area contributed by atoms with Gasteiger partial charge in [0.25, 0.3) is 5.91 Å². The van der Waals surface area contributed by atoms with Crippen molar-refractivity contribution in [1.29, 1.82) is 0 Å². The van der Waals surface area contributed by atoms with E-state index in [4.69, 9.17) is 14.5 Å². The Balaban J connectivity index is 1.50. The molecule has 10 nitrogen and oxygen atoms in total. The molecule has 0 radical (unpaired) electrons. The van der Waals surface area contributed by atoms with Crippen LogP contribution in [-0.2, 0) is 23.9 Å². The number of aliphatic imine (C=N–C) groups is 1. The molecule has 1 saturated carbocycles. The number of anilines is 1. The van der Waals surface area contributed by atoms with Gasteiger partial charge in [0, 0.05) is 29.8 Å². The number of benzodiazepines with no additional fused rings is 1. The van der Waals surface area contributed by atoms with E-state index >= 15 is 0 Å². The Kier molecular flexibility index (Phi) is 11.5. The third-order valence-corrected chi connectivity index (χ3v) is 7.16. The Bertz CT molecular complexity index is 1330. The van der Waals surface area contributed by atoms with Gasteiger partial charge in [0.15, 0.2) is 6.04 Å². The molecule has 3 amide bonds. The molecule has 0 bridgehead atoms. The standard InChI is InChI=1S/C33H40N4O6/c1-23(2)21-42-30(39)18-11-19-34-29(38)20-37-28-17-10-9-16-26(28)31(24-12-5-3-6-13-24)36-27(32(37)40)22-43-33(41)35-25-14-7-4-8-15-25/h3,5-6,9-13,16-18,23,25,27H,4,7-8,14-15,19-22H2,1-2H3,(H,34,38)(H,35,41)/b18-11+/t27-/m1/s1. The van der Waals surface area contributed by atoms with Crippen LogP contribution in [0, 0.1) is 5.92 Å². The predicted octanol–water partition coefficient (Wildman–Crippen LogP) is 4.17. The number of ether oxygens (including phenoxy) is 2. The molecule has 2 aliphatic rings. The van der Waals surface area contributed by atoms with Crippen molar-refractivity contribution in [2.24, 2.45) is 10.9 Å². The Morgan fingerprint density at radius 1 is 1.00 bits per heavy atom. The van der Waals surface area contributed by atoms with Gasteiger partial charge >= 0.3 is 12.1 Å². The van der Waals surface area contributed by atoms with Crippen LogP contribution in [-0.4, -0.2) is 68.0 Å². The lowest BCUT2D eigenvalue weighted by Crippen LogP contribution is -2.46. The van der Waals surface area contributed by atoms with Gasteiger partial charge in [-0.15, -0.1) is 0 Å². The van der Waals surface area contributed by atoms with Crippen LogP contribution >= 0.6 is 0 Å². The molecule has 1 heterocycles. The van der Waals surface area contributed by atoms with Gasteiger partial charge in [-0.25, -0.2) is 9.59 Å². The van der Waals surface area contributed by atoms with Crippen molar-refractivity contribution in [3.05, 3.63) is 77.9 Å². The highest BCUT2D eigenvalue weighted by atomic mass is 16.5. The van der Waals surface area contributed by atoms with Crippen LogP contribution in [0.2, 0.25) is 0 Å². The summed E-state index contributed by atoms with van der Waals surface area (Å²) in [6, 6.07) is 15.7. The molecular weight excluding hydrogens is 548 g/mol. The summed E-state index contributed by atoms with van der Waals surface area (Å²) in [5.74, 6) is -1.16. The summed E-state index contributed by atoms with van der Waals surface area (Å²) in [4.78, 5) is 57.5. The highest BCUT2D eigenvalue weighted by molar-refractivity contribution is 6.20. The SMILES string of the molecule is CC(C)COC(=O)/C=C/CNC(=O)CN1C(=O)[C@@H](COC(=O)NC2CCCCC2)N=C(c2ccccc2)c2ccccc21. The van der Waals surface area contributed by atoms with Gasteiger partial charge in [0.2, 0.25) is 5.91 Å². The molecule has 228 valence electrons. The Hall–Kier alpha value is -4.47. The minimum atomic E-state index is -1.07. The van der Waals surface area contributed by atoms with Crippen molar-refractivity contribution >= 4 is 35.3 Å². The van der Waals surface area contributed by atoms with E-state index in [9.17, 15) is 19.2 Å². The molecule has 1 fully saturated rings. The topological polar surface area (TPSA) is 126 Å². The van der Waals surface area contributed by atoms with Crippen molar-refractivity contribution in [2.45, 2.75) is 58.0 Å². The third-order valence-electron chi connectivity index (χ3n) is 7.16. The lowest BCUT2D eigenvalue weighted by atomic mass is 9.96. The first-order valence-corrected chi connectivity index (χ1v) is 14.9. The van der Waals surface area contributed by atoms with Crippen LogP contribution in [0.3, 0.4) is 0 Å². The zero-order chi connectivity index (χ0) is 30.6. The summed E-state index contributed by atoms with van der Waals surface area (Å²) in [5.41, 5.74) is 2.56. The molecule has 0 saturated heterocycles. The fraction of sp³-hybridized carbons (Fsp3) is 0.424. The average molecular weight is 589 g/mol. The number of alkyl carbamates (subject to hydrolysis) is 1. The van der Waals surface area contributed by atoms with Crippen LogP contribution < -0.4 is 15.5 Å². The number of fused-ring (bicyclic) bond motifs is 1. The number of carbonyl (C=O) groups excluding carboxylic acids is 4. The quantitative estimate of drug-likeness (QED) is 0.300. The van der Waals surface area contributed by atoms with Crippen LogP contribution in [0.25, 0.3) is 0 Å². The number of amides is 3. The second-order valence-electron chi connectivity index (χ2n) is 11.1. The first kappa shape index (κ1) is 31.5. The van der Waals surface area contributed by atoms with E-state index in [2.05, 4.69) is 10.6 Å². The van der Waals surface area contributed by atoms with E-state index in [0.717, 1.165) is 37.7 Å². The molecule has 0 aromatic heterocycles. The maximum absolute atomic E-state index is 13.9. The lowest BCUT2D eigenvalue weighted by molar-refractivity contribution is -0.138. The van der Waals surface area contributed by atoms with Crippen LogP contribution in [0.15, 0.2) is 71.7 Å². The van der Waals surface area contributed by atoms with E-state index < -0.39 is 29.9 Å². The number of nitrogens with one attached hydrogen (secondary N) is 2. The van der Waals surface area contributed by atoms with E-state index in [1.165, 1.54) is 17.1 Å². The molecule has 1 aliphatic heterocycles. The van der Waals surface area contributed by atoms with Gasteiger partial charge < -0.3 is 25.0 Å². The highest BCUT2D eigenvalue weighted by Gasteiger charge is 2.34. The fourth-order valence-corrected chi connectivity index (χ4v) is 5.02. The molecule has 0 unspecified atom stereocenters. The second-order valence-corrected chi connectivity index (χ2v) is 11.1. The number of para-hydroxylation sites is 1. The van der Waals surface area contributed by atoms with Crippen molar-refractivity contribution < 1.29 is 28.7 Å². The normalized spacial score (nSPS) is 17.2. The fourth-order valence-electron chi connectivity index (χ4n) is 5.02. The highest BCUT2D eigenvalue weighted by Crippen LogP contribution is 2.28. The predicted molar refractivity (Wildman–Crippen MR) is 164 cm³/mol. The summed E-state index contributed by atoms with van der Waals surface area (Å²) < 4.78 is 10.6. The molecule has 0 spiro atoms. The van der Waals surface area contributed by atoms with Gasteiger partial charge in [-0.2, -0.15) is 0 Å². The van der Waals surface area contributed by atoms with E-state index in [0.29, 0.717) is 23.6 Å². The summed E-state index contributed by atoms with van der Waals surface area (Å²) >= 11 is 0. The zero-order valence-electron chi connectivity index (χ0n) is 24.8. The first-order valence-electron chi connectivity index (χ1n) is 14.9. The Morgan fingerprint density at radius 2 is 1.72 bits per heavy atom. The number of hydrogen-bond acceptors (Lipinski definition) is 7. The van der Waals surface area contributed by atoms with Crippen molar-refractivity contribution in [3.8, 4) is 0 Å². The maximum Gasteiger partial charge on any atom is 0.407 e. The average Bonchev–Trinajstić information content (AvgIpc) is 3.12. The molecule has 43 heavy (non-hydrogen) atoms. The number of esters is 1. The third kappa shape index (κ3) is 9.26. The largest absolute Gasteiger partial charge is 0.462 e. The lowest BCUT2D eigenvalue weighted by Gasteiger charge is -2.25. The minimum Gasteiger partial charge on any atom is -0.462 e. The zero-order valence-corrected chi connectivity index (χ0v) is 24.8. The molecule has 2 aromatic rings.